The number of nitrogens with zero attached hydrogens (tertiary/aromatic N) is 4. The van der Waals surface area contributed by atoms with E-state index in [0.717, 1.165) is 4.47 Å². The molecule has 2 aromatic rings. The molecule has 0 atom stereocenters. The maximum Gasteiger partial charge on any atom is 0.247 e. The second-order valence-corrected chi connectivity index (χ2v) is 6.12. The molecule has 2 heterocycles. The largest absolute Gasteiger partial charge is 0.309 e. The highest BCUT2D eigenvalue weighted by Gasteiger charge is 2.18. The smallest absolute Gasteiger partial charge is 0.247 e. The van der Waals surface area contributed by atoms with E-state index in [1.54, 1.807) is 34.0 Å². The molecular formula is C12H16BrN5O. The minimum absolute atomic E-state index is 0.137. The zero-order valence-corrected chi connectivity index (χ0v) is 12.7. The summed E-state index contributed by atoms with van der Waals surface area (Å²) in [5, 5.41) is 11.1. The minimum Gasteiger partial charge on any atom is -0.309 e. The molecule has 1 amide bonds. The van der Waals surface area contributed by atoms with Gasteiger partial charge in [-0.15, -0.1) is 0 Å². The van der Waals surface area contributed by atoms with Crippen LogP contribution < -0.4 is 5.32 Å². The third-order valence-corrected chi connectivity index (χ3v) is 2.86. The first kappa shape index (κ1) is 13.8. The summed E-state index contributed by atoms with van der Waals surface area (Å²) in [6, 6.07) is 1.78. The van der Waals surface area contributed by atoms with Gasteiger partial charge in [0.05, 0.1) is 22.4 Å². The fourth-order valence-corrected chi connectivity index (χ4v) is 2.01. The van der Waals surface area contributed by atoms with E-state index in [-0.39, 0.29) is 18.0 Å². The Morgan fingerprint density at radius 1 is 1.42 bits per heavy atom. The number of hydrogen-bond donors (Lipinski definition) is 1. The summed E-state index contributed by atoms with van der Waals surface area (Å²) in [5.41, 5.74) is -0.180. The number of carbonyl (C=O) groups is 1. The van der Waals surface area contributed by atoms with Gasteiger partial charge in [-0.25, -0.2) is 4.68 Å². The predicted molar refractivity (Wildman–Crippen MR) is 75.8 cm³/mol. The van der Waals surface area contributed by atoms with Crippen LogP contribution in [0.3, 0.4) is 0 Å². The summed E-state index contributed by atoms with van der Waals surface area (Å²) in [5.74, 6) is 0.547. The van der Waals surface area contributed by atoms with Crippen molar-refractivity contribution in [2.75, 3.05) is 5.32 Å². The zero-order chi connectivity index (χ0) is 14.0. The van der Waals surface area contributed by atoms with E-state index in [0.29, 0.717) is 5.82 Å². The van der Waals surface area contributed by atoms with Gasteiger partial charge >= 0.3 is 0 Å². The van der Waals surface area contributed by atoms with E-state index in [2.05, 4.69) is 31.4 Å². The van der Waals surface area contributed by atoms with Gasteiger partial charge in [-0.3, -0.25) is 9.48 Å². The van der Waals surface area contributed by atoms with Gasteiger partial charge in [0, 0.05) is 12.3 Å². The molecule has 19 heavy (non-hydrogen) atoms. The number of nitrogens with one attached hydrogen (secondary N) is 1. The third kappa shape index (κ3) is 3.44. The van der Waals surface area contributed by atoms with Crippen molar-refractivity contribution in [2.45, 2.75) is 32.9 Å². The van der Waals surface area contributed by atoms with Crippen molar-refractivity contribution in [3.63, 3.8) is 0 Å². The van der Waals surface area contributed by atoms with Crippen molar-refractivity contribution < 1.29 is 4.79 Å². The normalized spacial score (nSPS) is 11.6. The average molecular weight is 326 g/mol. The summed E-state index contributed by atoms with van der Waals surface area (Å²) in [6.07, 6.45) is 5.07. The van der Waals surface area contributed by atoms with E-state index < -0.39 is 0 Å². The Kier molecular flexibility index (Phi) is 3.75. The highest BCUT2D eigenvalue weighted by Crippen LogP contribution is 2.19. The van der Waals surface area contributed by atoms with Crippen molar-refractivity contribution >= 4 is 27.7 Å². The fourth-order valence-electron chi connectivity index (χ4n) is 1.69. The minimum atomic E-state index is -0.180. The number of aromatic nitrogens is 4. The topological polar surface area (TPSA) is 64.7 Å². The summed E-state index contributed by atoms with van der Waals surface area (Å²) < 4.78 is 4.20. The molecule has 0 saturated heterocycles. The first-order chi connectivity index (χ1) is 8.86. The molecule has 0 saturated carbocycles. The molecule has 0 fully saturated rings. The molecule has 0 spiro atoms. The van der Waals surface area contributed by atoms with Gasteiger partial charge in [0.2, 0.25) is 5.91 Å². The lowest BCUT2D eigenvalue weighted by Gasteiger charge is -2.22. The Balaban J connectivity index is 2.05. The van der Waals surface area contributed by atoms with Crippen LogP contribution in [-0.4, -0.2) is 25.5 Å². The first-order valence-electron chi connectivity index (χ1n) is 5.88. The van der Waals surface area contributed by atoms with Gasteiger partial charge in [0.1, 0.15) is 12.4 Å². The van der Waals surface area contributed by atoms with Gasteiger partial charge in [-0.1, -0.05) is 0 Å². The Labute approximate surface area is 119 Å². The second kappa shape index (κ2) is 5.16. The second-order valence-electron chi connectivity index (χ2n) is 5.20. The Morgan fingerprint density at radius 3 is 2.74 bits per heavy atom. The van der Waals surface area contributed by atoms with Crippen molar-refractivity contribution in [1.82, 2.24) is 19.6 Å². The quantitative estimate of drug-likeness (QED) is 0.941. The monoisotopic (exact) mass is 325 g/mol. The van der Waals surface area contributed by atoms with Crippen molar-refractivity contribution in [3.8, 4) is 0 Å². The average Bonchev–Trinajstić information content (AvgIpc) is 2.86. The Morgan fingerprint density at radius 2 is 2.16 bits per heavy atom. The lowest BCUT2D eigenvalue weighted by molar-refractivity contribution is -0.117. The number of halogens is 1. The van der Waals surface area contributed by atoms with Crippen molar-refractivity contribution in [2.24, 2.45) is 0 Å². The van der Waals surface area contributed by atoms with Crippen LogP contribution in [0.2, 0.25) is 0 Å². The molecule has 0 radical (unpaired) electrons. The van der Waals surface area contributed by atoms with E-state index in [1.807, 2.05) is 20.8 Å². The molecule has 2 rings (SSSR count). The Hall–Kier alpha value is -1.63. The van der Waals surface area contributed by atoms with E-state index >= 15 is 0 Å². The Bertz CT molecular complexity index is 581. The van der Waals surface area contributed by atoms with Crippen LogP contribution in [0.5, 0.6) is 0 Å². The van der Waals surface area contributed by atoms with Crippen LogP contribution in [0.15, 0.2) is 29.1 Å². The predicted octanol–water partition coefficient (Wildman–Crippen LogP) is 2.24. The van der Waals surface area contributed by atoms with Gasteiger partial charge in [0.25, 0.3) is 0 Å². The highest BCUT2D eigenvalue weighted by molar-refractivity contribution is 9.10. The molecule has 2 aromatic heterocycles. The van der Waals surface area contributed by atoms with E-state index in [9.17, 15) is 4.79 Å². The molecule has 0 aromatic carbocycles. The van der Waals surface area contributed by atoms with Crippen LogP contribution in [0.25, 0.3) is 0 Å². The lowest BCUT2D eigenvalue weighted by Crippen LogP contribution is -2.28. The van der Waals surface area contributed by atoms with Gasteiger partial charge in [-0.05, 0) is 36.7 Å². The summed E-state index contributed by atoms with van der Waals surface area (Å²) in [6.45, 7) is 6.25. The standard InChI is InChI=1S/C12H16BrN5O/c1-12(2,3)18-10(4-5-14-18)16-11(19)8-17-7-9(13)6-15-17/h4-7H,8H2,1-3H3,(H,16,19). The summed E-state index contributed by atoms with van der Waals surface area (Å²) >= 11 is 3.29. The molecular weight excluding hydrogens is 310 g/mol. The number of carbonyl (C=O) groups excluding carboxylic acids is 1. The first-order valence-corrected chi connectivity index (χ1v) is 6.68. The zero-order valence-electron chi connectivity index (χ0n) is 11.1. The van der Waals surface area contributed by atoms with Crippen LogP contribution in [0, 0.1) is 0 Å². The van der Waals surface area contributed by atoms with Crippen molar-refractivity contribution in [3.05, 3.63) is 29.1 Å². The third-order valence-electron chi connectivity index (χ3n) is 2.45. The highest BCUT2D eigenvalue weighted by atomic mass is 79.9. The van der Waals surface area contributed by atoms with Gasteiger partial charge in [-0.2, -0.15) is 10.2 Å². The molecule has 0 aliphatic rings. The number of amides is 1. The SMILES string of the molecule is CC(C)(C)n1nccc1NC(=O)Cn1cc(Br)cn1. The lowest BCUT2D eigenvalue weighted by atomic mass is 10.1. The number of anilines is 1. The summed E-state index contributed by atoms with van der Waals surface area (Å²) in [7, 11) is 0. The molecule has 1 N–H and O–H groups in total. The fraction of sp³-hybridized carbons (Fsp3) is 0.417. The molecule has 0 aliphatic heterocycles. The van der Waals surface area contributed by atoms with E-state index in [1.165, 1.54) is 0 Å². The maximum absolute atomic E-state index is 11.9. The van der Waals surface area contributed by atoms with Gasteiger partial charge in [0.15, 0.2) is 0 Å². The molecule has 0 aliphatic carbocycles. The molecule has 6 nitrogen and oxygen atoms in total. The van der Waals surface area contributed by atoms with Crippen LogP contribution in [0.4, 0.5) is 5.82 Å². The maximum atomic E-state index is 11.9. The number of hydrogen-bond acceptors (Lipinski definition) is 3. The van der Waals surface area contributed by atoms with Crippen LogP contribution in [0.1, 0.15) is 20.8 Å². The van der Waals surface area contributed by atoms with Crippen LogP contribution in [-0.2, 0) is 16.9 Å². The number of rotatable bonds is 3. The van der Waals surface area contributed by atoms with E-state index in [4.69, 9.17) is 0 Å². The molecule has 0 bridgehead atoms. The molecule has 0 unspecified atom stereocenters. The van der Waals surface area contributed by atoms with Crippen molar-refractivity contribution in [1.29, 1.82) is 0 Å². The van der Waals surface area contributed by atoms with Gasteiger partial charge < -0.3 is 5.32 Å². The molecule has 102 valence electrons. The summed E-state index contributed by atoms with van der Waals surface area (Å²) in [4.78, 5) is 11.9. The molecule has 7 heteroatoms. The van der Waals surface area contributed by atoms with Crippen LogP contribution >= 0.6 is 15.9 Å².